The maximum absolute atomic E-state index is 13.2. The second-order valence-corrected chi connectivity index (χ2v) is 11.0. The third-order valence-electron chi connectivity index (χ3n) is 4.83. The second-order valence-electron chi connectivity index (χ2n) is 7.41. The monoisotopic (exact) mass is 475 g/mol. The summed E-state index contributed by atoms with van der Waals surface area (Å²) in [6.07, 6.45) is -4.82. The molecule has 2 aromatic carbocycles. The largest absolute Gasteiger partial charge is 0.573 e. The average molecular weight is 476 g/mol. The lowest BCUT2D eigenvalue weighted by Crippen LogP contribution is -2.58. The van der Waals surface area contributed by atoms with E-state index in [4.69, 9.17) is 0 Å². The number of alkyl halides is 3. The van der Waals surface area contributed by atoms with E-state index in [-0.39, 0.29) is 17.2 Å². The van der Waals surface area contributed by atoms with Crippen molar-refractivity contribution in [2.24, 2.45) is 0 Å². The molecule has 1 saturated heterocycles. The number of sulfonamides is 1. The number of hydrogen-bond donors (Lipinski definition) is 1. The third-order valence-corrected chi connectivity index (χ3v) is 8.06. The van der Waals surface area contributed by atoms with Gasteiger partial charge in [0.15, 0.2) is 0 Å². The zero-order valence-electron chi connectivity index (χ0n) is 16.6. The number of benzene rings is 2. The van der Waals surface area contributed by atoms with Crippen molar-refractivity contribution in [1.82, 2.24) is 4.31 Å². The molecule has 3 rings (SSSR count). The normalized spacial score (nSPS) is 19.7. The van der Waals surface area contributed by atoms with Gasteiger partial charge in [-0.05, 0) is 49.2 Å². The van der Waals surface area contributed by atoms with Crippen LogP contribution in [-0.4, -0.2) is 53.2 Å². The number of carbonyl (C=O) groups is 1. The summed E-state index contributed by atoms with van der Waals surface area (Å²) in [6, 6.07) is 9.64. The predicted octanol–water partition coefficient (Wildman–Crippen LogP) is 4.22. The lowest BCUT2D eigenvalue weighted by molar-refractivity contribution is -0.274. The van der Waals surface area contributed by atoms with Crippen LogP contribution in [0.5, 0.6) is 5.75 Å². The highest BCUT2D eigenvalue weighted by molar-refractivity contribution is 8.00. The van der Waals surface area contributed by atoms with E-state index in [0.717, 1.165) is 10.4 Å². The number of carboxylic acid groups (broad SMARTS) is 1. The first kappa shape index (κ1) is 23.4. The molecule has 2 aromatic rings. The number of hydrogen-bond acceptors (Lipinski definition) is 5. The highest BCUT2D eigenvalue weighted by Crippen LogP contribution is 2.38. The first-order chi connectivity index (χ1) is 14.3. The maximum Gasteiger partial charge on any atom is 0.573 e. The summed E-state index contributed by atoms with van der Waals surface area (Å²) in [5.41, 5.74) is 0.889. The Labute approximate surface area is 182 Å². The molecule has 1 aliphatic heterocycles. The molecule has 0 bridgehead atoms. The summed E-state index contributed by atoms with van der Waals surface area (Å²) in [6.45, 7) is 3.44. The molecule has 168 valence electrons. The van der Waals surface area contributed by atoms with Gasteiger partial charge in [0.1, 0.15) is 11.8 Å². The van der Waals surface area contributed by atoms with Gasteiger partial charge in [0.25, 0.3) is 0 Å². The van der Waals surface area contributed by atoms with Crippen LogP contribution in [0, 0.1) is 0 Å². The molecule has 1 N–H and O–H groups in total. The van der Waals surface area contributed by atoms with Gasteiger partial charge < -0.3 is 9.84 Å². The van der Waals surface area contributed by atoms with E-state index in [9.17, 15) is 31.5 Å². The van der Waals surface area contributed by atoms with Crippen LogP contribution >= 0.6 is 11.8 Å². The Kier molecular flexibility index (Phi) is 6.32. The second kappa shape index (κ2) is 8.36. The quantitative estimate of drug-likeness (QED) is 0.697. The van der Waals surface area contributed by atoms with Crippen molar-refractivity contribution in [3.8, 4) is 16.9 Å². The van der Waals surface area contributed by atoms with Crippen molar-refractivity contribution in [3.05, 3.63) is 48.5 Å². The number of halogens is 3. The molecule has 0 radical (unpaired) electrons. The van der Waals surface area contributed by atoms with Crippen molar-refractivity contribution in [1.29, 1.82) is 0 Å². The molecule has 0 saturated carbocycles. The molecular weight excluding hydrogens is 455 g/mol. The van der Waals surface area contributed by atoms with Crippen LogP contribution in [0.25, 0.3) is 11.1 Å². The molecule has 0 aliphatic carbocycles. The Hall–Kier alpha value is -2.24. The predicted molar refractivity (Wildman–Crippen MR) is 110 cm³/mol. The van der Waals surface area contributed by atoms with E-state index in [2.05, 4.69) is 4.74 Å². The highest BCUT2D eigenvalue weighted by Gasteiger charge is 2.48. The van der Waals surface area contributed by atoms with Crippen LogP contribution in [0.1, 0.15) is 13.8 Å². The summed E-state index contributed by atoms with van der Waals surface area (Å²) in [5, 5.41) is 9.64. The van der Waals surface area contributed by atoms with Gasteiger partial charge in [0.05, 0.1) is 4.90 Å². The fourth-order valence-electron chi connectivity index (χ4n) is 3.46. The Morgan fingerprint density at radius 1 is 1.16 bits per heavy atom. The third kappa shape index (κ3) is 5.16. The molecule has 1 fully saturated rings. The minimum absolute atomic E-state index is 0.0615. The van der Waals surface area contributed by atoms with Gasteiger partial charge in [0, 0.05) is 17.0 Å². The Morgan fingerprint density at radius 3 is 2.39 bits per heavy atom. The molecule has 31 heavy (non-hydrogen) atoms. The number of aliphatic carboxylic acids is 1. The fourth-order valence-corrected chi connectivity index (χ4v) is 6.56. The SMILES string of the molecule is CC1(C)SCCN(S(=O)(=O)c2ccc(-c3cccc(OC(F)(F)F)c3)cc2)[C@H]1C(=O)O. The van der Waals surface area contributed by atoms with Crippen LogP contribution in [0.15, 0.2) is 53.4 Å². The number of nitrogens with zero attached hydrogens (tertiary/aromatic N) is 1. The highest BCUT2D eigenvalue weighted by atomic mass is 32.2. The van der Waals surface area contributed by atoms with Crippen molar-refractivity contribution in [3.63, 3.8) is 0 Å². The molecule has 0 aromatic heterocycles. The fraction of sp³-hybridized carbons (Fsp3) is 0.350. The van der Waals surface area contributed by atoms with Gasteiger partial charge in [-0.15, -0.1) is 13.2 Å². The standard InChI is InChI=1S/C20H20F3NO5S2/c1-19(2)17(18(25)26)24(10-11-30-19)31(27,28)16-8-6-13(7-9-16)14-4-3-5-15(12-14)29-20(21,22)23/h3-9,12,17H,10-11H2,1-2H3,(H,25,26)/t17-/m0/s1. The van der Waals surface area contributed by atoms with Gasteiger partial charge in [-0.3, -0.25) is 4.79 Å². The zero-order chi connectivity index (χ0) is 23.0. The summed E-state index contributed by atoms with van der Waals surface area (Å²) >= 11 is 1.40. The molecule has 1 heterocycles. The minimum Gasteiger partial charge on any atom is -0.480 e. The van der Waals surface area contributed by atoms with Crippen LogP contribution in [0.4, 0.5) is 13.2 Å². The van der Waals surface area contributed by atoms with Crippen LogP contribution in [-0.2, 0) is 14.8 Å². The van der Waals surface area contributed by atoms with Crippen LogP contribution in [0.3, 0.4) is 0 Å². The Balaban J connectivity index is 1.90. The van der Waals surface area contributed by atoms with Gasteiger partial charge in [-0.25, -0.2) is 8.42 Å². The first-order valence-electron chi connectivity index (χ1n) is 9.16. The van der Waals surface area contributed by atoms with Gasteiger partial charge in [-0.1, -0.05) is 24.3 Å². The van der Waals surface area contributed by atoms with E-state index in [1.807, 2.05) is 0 Å². The molecule has 0 unspecified atom stereocenters. The van der Waals surface area contributed by atoms with Crippen molar-refractivity contribution < 1.29 is 36.2 Å². The van der Waals surface area contributed by atoms with Crippen molar-refractivity contribution in [2.75, 3.05) is 12.3 Å². The Morgan fingerprint density at radius 2 is 1.81 bits per heavy atom. The van der Waals surface area contributed by atoms with Crippen LogP contribution < -0.4 is 4.74 Å². The van der Waals surface area contributed by atoms with E-state index < -0.39 is 33.1 Å². The summed E-state index contributed by atoms with van der Waals surface area (Å²) in [7, 11) is -4.09. The maximum atomic E-state index is 13.2. The van der Waals surface area contributed by atoms with E-state index in [1.165, 1.54) is 48.2 Å². The molecule has 11 heteroatoms. The average Bonchev–Trinajstić information content (AvgIpc) is 2.65. The van der Waals surface area contributed by atoms with Gasteiger partial charge >= 0.3 is 12.3 Å². The Bertz CT molecular complexity index is 1070. The van der Waals surface area contributed by atoms with Gasteiger partial charge in [-0.2, -0.15) is 16.1 Å². The first-order valence-corrected chi connectivity index (χ1v) is 11.6. The lowest BCUT2D eigenvalue weighted by Gasteiger charge is -2.42. The zero-order valence-corrected chi connectivity index (χ0v) is 18.2. The summed E-state index contributed by atoms with van der Waals surface area (Å²) < 4.78 is 67.7. The molecule has 0 amide bonds. The van der Waals surface area contributed by atoms with E-state index in [0.29, 0.717) is 16.9 Å². The van der Waals surface area contributed by atoms with Crippen molar-refractivity contribution >= 4 is 27.8 Å². The molecular formula is C20H20F3NO5S2. The van der Waals surface area contributed by atoms with Crippen molar-refractivity contribution in [2.45, 2.75) is 35.9 Å². The number of ether oxygens (including phenoxy) is 1. The minimum atomic E-state index is -4.82. The molecule has 0 spiro atoms. The number of thioether (sulfide) groups is 1. The molecule has 1 atom stereocenters. The van der Waals surface area contributed by atoms with E-state index in [1.54, 1.807) is 19.9 Å². The number of rotatable bonds is 5. The van der Waals surface area contributed by atoms with Crippen LogP contribution in [0.2, 0.25) is 0 Å². The van der Waals surface area contributed by atoms with Gasteiger partial charge in [0.2, 0.25) is 10.0 Å². The molecule has 6 nitrogen and oxygen atoms in total. The lowest BCUT2D eigenvalue weighted by atomic mass is 10.0. The topological polar surface area (TPSA) is 83.9 Å². The number of carboxylic acids is 1. The summed E-state index contributed by atoms with van der Waals surface area (Å²) in [5.74, 6) is -1.15. The smallest absolute Gasteiger partial charge is 0.480 e. The summed E-state index contributed by atoms with van der Waals surface area (Å²) in [4.78, 5) is 11.7. The van der Waals surface area contributed by atoms with E-state index >= 15 is 0 Å². The molecule has 1 aliphatic rings.